The average Bonchev–Trinajstić information content (AvgIpc) is 2.31. The van der Waals surface area contributed by atoms with E-state index in [0.29, 0.717) is 5.02 Å². The minimum Gasteiger partial charge on any atom is -0.289 e. The van der Waals surface area contributed by atoms with Crippen LogP contribution in [0.25, 0.3) is 0 Å². The second-order valence-electron chi connectivity index (χ2n) is 4.09. The van der Waals surface area contributed by atoms with Crippen molar-refractivity contribution >= 4 is 29.0 Å². The van der Waals surface area contributed by atoms with Crippen LogP contribution in [0.1, 0.15) is 21.5 Å². The van der Waals surface area contributed by atoms with Crippen LogP contribution in [0.5, 0.6) is 0 Å². The van der Waals surface area contributed by atoms with Crippen LogP contribution in [-0.4, -0.2) is 5.78 Å². The molecule has 1 nitrogen and oxygen atoms in total. The van der Waals surface area contributed by atoms with Crippen molar-refractivity contribution < 1.29 is 13.6 Å². The zero-order chi connectivity index (χ0) is 14.2. The summed E-state index contributed by atoms with van der Waals surface area (Å²) in [5.74, 6) is -2.72. The van der Waals surface area contributed by atoms with E-state index in [0.717, 1.165) is 17.7 Å². The number of carbonyl (C=O) groups excluding carboxylic acids is 1. The highest BCUT2D eigenvalue weighted by atomic mass is 35.5. The van der Waals surface area contributed by atoms with Gasteiger partial charge < -0.3 is 0 Å². The minimum absolute atomic E-state index is 0.0952. The molecule has 0 aliphatic rings. The summed E-state index contributed by atoms with van der Waals surface area (Å²) in [4.78, 5) is 12.2. The average molecular weight is 301 g/mol. The van der Waals surface area contributed by atoms with E-state index in [1.54, 1.807) is 19.1 Å². The molecule has 0 saturated carbocycles. The quantitative estimate of drug-likeness (QED) is 0.574. The second kappa shape index (κ2) is 5.27. The van der Waals surface area contributed by atoms with Gasteiger partial charge in [-0.15, -0.1) is 0 Å². The van der Waals surface area contributed by atoms with Gasteiger partial charge in [-0.3, -0.25) is 4.79 Å². The van der Waals surface area contributed by atoms with Gasteiger partial charge in [-0.05, 0) is 42.8 Å². The van der Waals surface area contributed by atoms with Gasteiger partial charge in [-0.2, -0.15) is 0 Å². The lowest BCUT2D eigenvalue weighted by Gasteiger charge is -2.06. The SMILES string of the molecule is Cc1cc(Cl)cc(C(=O)c2cc(F)c(F)cc2Cl)c1. The van der Waals surface area contributed by atoms with Crippen molar-refractivity contribution in [2.75, 3.05) is 0 Å². The summed E-state index contributed by atoms with van der Waals surface area (Å²) in [6, 6.07) is 6.31. The molecule has 0 aliphatic heterocycles. The molecule has 0 unspecified atom stereocenters. The van der Waals surface area contributed by atoms with Crippen molar-refractivity contribution in [1.29, 1.82) is 0 Å². The second-order valence-corrected chi connectivity index (χ2v) is 4.94. The molecule has 0 aromatic heterocycles. The lowest BCUT2D eigenvalue weighted by Crippen LogP contribution is -2.04. The molecule has 2 aromatic carbocycles. The molecule has 0 aliphatic carbocycles. The number of carbonyl (C=O) groups is 1. The number of benzene rings is 2. The first-order valence-electron chi connectivity index (χ1n) is 5.35. The Morgan fingerprint density at radius 1 is 1.00 bits per heavy atom. The lowest BCUT2D eigenvalue weighted by atomic mass is 10.0. The van der Waals surface area contributed by atoms with Crippen LogP contribution < -0.4 is 0 Å². The van der Waals surface area contributed by atoms with Crippen LogP contribution in [-0.2, 0) is 0 Å². The molecule has 0 radical (unpaired) electrons. The van der Waals surface area contributed by atoms with Crippen LogP contribution in [0, 0.1) is 18.6 Å². The number of hydrogen-bond donors (Lipinski definition) is 0. The van der Waals surface area contributed by atoms with Crippen LogP contribution in [0.2, 0.25) is 10.0 Å². The molecule has 19 heavy (non-hydrogen) atoms. The molecule has 5 heteroatoms. The monoisotopic (exact) mass is 300 g/mol. The fourth-order valence-corrected chi connectivity index (χ4v) is 2.25. The van der Waals surface area contributed by atoms with Crippen molar-refractivity contribution in [3.8, 4) is 0 Å². The molecule has 0 fully saturated rings. The van der Waals surface area contributed by atoms with Crippen molar-refractivity contribution in [2.45, 2.75) is 6.92 Å². The van der Waals surface area contributed by atoms with Crippen molar-refractivity contribution in [3.63, 3.8) is 0 Å². The van der Waals surface area contributed by atoms with E-state index in [4.69, 9.17) is 23.2 Å². The first-order chi connectivity index (χ1) is 8.88. The maximum absolute atomic E-state index is 13.2. The topological polar surface area (TPSA) is 17.1 Å². The van der Waals surface area contributed by atoms with Crippen molar-refractivity contribution in [1.82, 2.24) is 0 Å². The van der Waals surface area contributed by atoms with Crippen LogP contribution in [0.4, 0.5) is 8.78 Å². The normalized spacial score (nSPS) is 10.6. The highest BCUT2D eigenvalue weighted by Gasteiger charge is 2.17. The van der Waals surface area contributed by atoms with Gasteiger partial charge in [0.15, 0.2) is 17.4 Å². The number of rotatable bonds is 2. The Bertz CT molecular complexity index is 648. The van der Waals surface area contributed by atoms with E-state index in [2.05, 4.69) is 0 Å². The third kappa shape index (κ3) is 2.94. The standard InChI is InChI=1S/C14H8Cl2F2O/c1-7-2-8(4-9(15)3-7)14(19)10-5-12(17)13(18)6-11(10)16/h2-6H,1H3. The molecule has 0 heterocycles. The fraction of sp³-hybridized carbons (Fsp3) is 0.0714. The molecule has 0 spiro atoms. The van der Waals surface area contributed by atoms with Gasteiger partial charge in [0.2, 0.25) is 0 Å². The van der Waals surface area contributed by atoms with Crippen molar-refractivity contribution in [3.05, 3.63) is 68.7 Å². The molecule has 98 valence electrons. The van der Waals surface area contributed by atoms with Gasteiger partial charge in [0.25, 0.3) is 0 Å². The molecular formula is C14H8Cl2F2O. The molecule has 2 aromatic rings. The predicted octanol–water partition coefficient (Wildman–Crippen LogP) is 4.81. The molecule has 0 amide bonds. The van der Waals surface area contributed by atoms with E-state index in [1.807, 2.05) is 0 Å². The molecule has 0 atom stereocenters. The fourth-order valence-electron chi connectivity index (χ4n) is 1.72. The summed E-state index contributed by atoms with van der Waals surface area (Å²) in [5, 5.41) is 0.253. The summed E-state index contributed by atoms with van der Waals surface area (Å²) in [7, 11) is 0. The number of aryl methyl sites for hydroxylation is 1. The van der Waals surface area contributed by atoms with Gasteiger partial charge >= 0.3 is 0 Å². The zero-order valence-corrected chi connectivity index (χ0v) is 11.3. The van der Waals surface area contributed by atoms with E-state index < -0.39 is 17.4 Å². The Hall–Kier alpha value is -1.45. The maximum atomic E-state index is 13.2. The zero-order valence-electron chi connectivity index (χ0n) is 9.81. The summed E-state index contributed by atoms with van der Waals surface area (Å²) in [6.45, 7) is 1.77. The van der Waals surface area contributed by atoms with Gasteiger partial charge in [0.05, 0.1) is 5.02 Å². The van der Waals surface area contributed by atoms with E-state index in [1.165, 1.54) is 6.07 Å². The molecule has 2 rings (SSSR count). The van der Waals surface area contributed by atoms with Crippen molar-refractivity contribution in [2.24, 2.45) is 0 Å². The summed E-state index contributed by atoms with van der Waals surface area (Å²) in [6.07, 6.45) is 0. The van der Waals surface area contributed by atoms with Gasteiger partial charge in [0.1, 0.15) is 0 Å². The van der Waals surface area contributed by atoms with Crippen LogP contribution in [0.15, 0.2) is 30.3 Å². The maximum Gasteiger partial charge on any atom is 0.194 e. The minimum atomic E-state index is -1.12. The first kappa shape index (κ1) is 14.0. The van der Waals surface area contributed by atoms with E-state index >= 15 is 0 Å². The van der Waals surface area contributed by atoms with Gasteiger partial charge in [-0.25, -0.2) is 8.78 Å². The third-order valence-electron chi connectivity index (χ3n) is 2.56. The Labute approximate surface area is 118 Å². The van der Waals surface area contributed by atoms with Gasteiger partial charge in [-0.1, -0.05) is 23.2 Å². The Balaban J connectivity index is 2.53. The Morgan fingerprint density at radius 2 is 1.63 bits per heavy atom. The van der Waals surface area contributed by atoms with Gasteiger partial charge in [0, 0.05) is 16.1 Å². The number of ketones is 1. The predicted molar refractivity (Wildman–Crippen MR) is 71.0 cm³/mol. The summed E-state index contributed by atoms with van der Waals surface area (Å²) < 4.78 is 26.1. The van der Waals surface area contributed by atoms with Crippen LogP contribution >= 0.6 is 23.2 Å². The summed E-state index contributed by atoms with van der Waals surface area (Å²) in [5.41, 5.74) is 0.967. The number of hydrogen-bond acceptors (Lipinski definition) is 1. The lowest BCUT2D eigenvalue weighted by molar-refractivity contribution is 0.103. The first-order valence-corrected chi connectivity index (χ1v) is 6.10. The smallest absolute Gasteiger partial charge is 0.194 e. The van der Waals surface area contributed by atoms with E-state index in [-0.39, 0.29) is 16.1 Å². The highest BCUT2D eigenvalue weighted by Crippen LogP contribution is 2.24. The van der Waals surface area contributed by atoms with Crippen LogP contribution in [0.3, 0.4) is 0 Å². The highest BCUT2D eigenvalue weighted by molar-refractivity contribution is 6.35. The summed E-state index contributed by atoms with van der Waals surface area (Å²) >= 11 is 11.6. The Kier molecular flexibility index (Phi) is 3.88. The molecular weight excluding hydrogens is 293 g/mol. The largest absolute Gasteiger partial charge is 0.289 e. The third-order valence-corrected chi connectivity index (χ3v) is 3.09. The molecule has 0 saturated heterocycles. The Morgan fingerprint density at radius 3 is 2.26 bits per heavy atom. The molecule has 0 bridgehead atoms. The van der Waals surface area contributed by atoms with E-state index in [9.17, 15) is 13.6 Å². The number of halogens is 4. The molecule has 0 N–H and O–H groups in total.